The highest BCUT2D eigenvalue weighted by Crippen LogP contribution is 2.44. The Kier molecular flexibility index (Phi) is 9.68. The van der Waals surface area contributed by atoms with Crippen LogP contribution in [0.1, 0.15) is 0 Å². The number of benzene rings is 11. The van der Waals surface area contributed by atoms with Gasteiger partial charge in [-0.25, -0.2) is 9.97 Å². The molecular weight excluding hydrogens is 919 g/mol. The van der Waals surface area contributed by atoms with Crippen LogP contribution in [-0.4, -0.2) is 19.1 Å². The van der Waals surface area contributed by atoms with Gasteiger partial charge in [-0.1, -0.05) is 176 Å². The monoisotopic (exact) mass is 961 g/mol. The molecule has 0 bridgehead atoms. The molecule has 0 fully saturated rings. The number of hydrogen-bond donors (Lipinski definition) is 0. The van der Waals surface area contributed by atoms with Gasteiger partial charge in [0.15, 0.2) is 0 Å². The van der Waals surface area contributed by atoms with E-state index < -0.39 is 0 Å². The maximum Gasteiger partial charge on any atom is 0.235 e. The van der Waals surface area contributed by atoms with Crippen molar-refractivity contribution in [2.75, 3.05) is 4.90 Å². The second-order valence-electron chi connectivity index (χ2n) is 19.0. The van der Waals surface area contributed by atoms with Gasteiger partial charge in [0.2, 0.25) is 5.95 Å². The van der Waals surface area contributed by atoms with Crippen molar-refractivity contribution in [2.24, 2.45) is 0 Å². The van der Waals surface area contributed by atoms with Crippen molar-refractivity contribution in [1.29, 1.82) is 0 Å². The highest BCUT2D eigenvalue weighted by Gasteiger charge is 2.23. The fourth-order valence-electron chi connectivity index (χ4n) is 11.3. The Morgan fingerprint density at radius 3 is 1.59 bits per heavy atom. The first-order valence-corrected chi connectivity index (χ1v) is 25.9. The van der Waals surface area contributed by atoms with E-state index in [0.717, 1.165) is 98.4 Å². The molecular formula is C68H43N5S. The van der Waals surface area contributed by atoms with Crippen LogP contribution in [0.3, 0.4) is 0 Å². The molecule has 0 spiro atoms. The van der Waals surface area contributed by atoms with E-state index in [4.69, 9.17) is 9.97 Å². The molecule has 0 saturated carbocycles. The largest absolute Gasteiger partial charge is 0.311 e. The van der Waals surface area contributed by atoms with Crippen LogP contribution in [0, 0.1) is 0 Å². The molecule has 0 aliphatic carbocycles. The fraction of sp³-hybridized carbons (Fsp3) is 0. The Hall–Kier alpha value is -9.62. The Morgan fingerprint density at radius 1 is 0.351 bits per heavy atom. The molecule has 5 nitrogen and oxygen atoms in total. The number of thiophene rings is 1. The first-order chi connectivity index (χ1) is 36.7. The van der Waals surface area contributed by atoms with Crippen LogP contribution in [0.4, 0.5) is 17.1 Å². The Labute approximate surface area is 430 Å². The Balaban J connectivity index is 0.938. The number of rotatable bonds is 8. The molecule has 74 heavy (non-hydrogen) atoms. The fourth-order valence-corrected chi connectivity index (χ4v) is 12.4. The molecule has 0 atom stereocenters. The summed E-state index contributed by atoms with van der Waals surface area (Å²) < 4.78 is 5.76. The first kappa shape index (κ1) is 42.1. The molecule has 4 aromatic heterocycles. The first-order valence-electron chi connectivity index (χ1n) is 25.1. The second-order valence-corrected chi connectivity index (χ2v) is 20.0. The molecule has 15 aromatic rings. The highest BCUT2D eigenvalue weighted by atomic mass is 32.1. The summed E-state index contributed by atoms with van der Waals surface area (Å²) in [6.45, 7) is 0. The molecule has 11 aromatic carbocycles. The van der Waals surface area contributed by atoms with E-state index in [1.54, 1.807) is 11.3 Å². The van der Waals surface area contributed by atoms with Gasteiger partial charge in [0, 0.05) is 60.1 Å². The Bertz CT molecular complexity index is 4600. The SMILES string of the molecule is c1ccc(-c2cc3nc(-n4c5ccc(-c6ccc7c(c6)c6c8ccccc8ccc6n7-c6ccccc6)cc5c5ccc6ccccc6c54)nc(-c4ccc(N(c5ccccc5)c5ccccc5)cc4)c3s2)cc1. The van der Waals surface area contributed by atoms with Crippen molar-refractivity contribution in [3.63, 3.8) is 0 Å². The lowest BCUT2D eigenvalue weighted by Crippen LogP contribution is -2.09. The van der Waals surface area contributed by atoms with Gasteiger partial charge in [-0.05, 0) is 118 Å². The summed E-state index contributed by atoms with van der Waals surface area (Å²) in [6.07, 6.45) is 0. The van der Waals surface area contributed by atoms with Crippen LogP contribution in [0.15, 0.2) is 261 Å². The normalized spacial score (nSPS) is 11.8. The van der Waals surface area contributed by atoms with Crippen molar-refractivity contribution >= 4 is 104 Å². The van der Waals surface area contributed by atoms with Crippen LogP contribution in [0.5, 0.6) is 0 Å². The Morgan fingerprint density at radius 2 is 0.892 bits per heavy atom. The summed E-state index contributed by atoms with van der Waals surface area (Å²) in [5.74, 6) is 0.635. The third kappa shape index (κ3) is 6.77. The summed E-state index contributed by atoms with van der Waals surface area (Å²) in [5.41, 5.74) is 15.2. The smallest absolute Gasteiger partial charge is 0.235 e. The van der Waals surface area contributed by atoms with E-state index in [9.17, 15) is 0 Å². The summed E-state index contributed by atoms with van der Waals surface area (Å²) in [6, 6.07) is 93.9. The van der Waals surface area contributed by atoms with Gasteiger partial charge in [-0.15, -0.1) is 11.3 Å². The van der Waals surface area contributed by atoms with Gasteiger partial charge < -0.3 is 9.47 Å². The molecule has 4 heterocycles. The number of anilines is 3. The maximum atomic E-state index is 5.66. The lowest BCUT2D eigenvalue weighted by atomic mass is 9.98. The zero-order chi connectivity index (χ0) is 48.7. The highest BCUT2D eigenvalue weighted by molar-refractivity contribution is 7.22. The summed E-state index contributed by atoms with van der Waals surface area (Å²) in [4.78, 5) is 14.6. The topological polar surface area (TPSA) is 38.9 Å². The molecule has 0 saturated heterocycles. The van der Waals surface area contributed by atoms with Gasteiger partial charge in [0.1, 0.15) is 0 Å². The van der Waals surface area contributed by atoms with Crippen molar-refractivity contribution in [3.05, 3.63) is 261 Å². The molecule has 15 rings (SSSR count). The van der Waals surface area contributed by atoms with Crippen LogP contribution < -0.4 is 4.90 Å². The zero-order valence-corrected chi connectivity index (χ0v) is 40.8. The lowest BCUT2D eigenvalue weighted by Gasteiger charge is -2.25. The van der Waals surface area contributed by atoms with E-state index in [0.29, 0.717) is 5.95 Å². The number of fused-ring (bicyclic) bond motifs is 11. The van der Waals surface area contributed by atoms with Crippen LogP contribution >= 0.6 is 11.3 Å². The minimum absolute atomic E-state index is 0.635. The molecule has 0 aliphatic heterocycles. The number of hydrogen-bond acceptors (Lipinski definition) is 4. The molecule has 0 radical (unpaired) electrons. The van der Waals surface area contributed by atoms with Crippen molar-refractivity contribution < 1.29 is 0 Å². The van der Waals surface area contributed by atoms with Gasteiger partial charge >= 0.3 is 0 Å². The summed E-state index contributed by atoms with van der Waals surface area (Å²) in [5, 5.41) is 9.59. The average Bonchev–Trinajstić information content (AvgIpc) is 4.20. The zero-order valence-electron chi connectivity index (χ0n) is 40.0. The van der Waals surface area contributed by atoms with E-state index in [1.165, 1.54) is 32.6 Å². The molecule has 346 valence electrons. The van der Waals surface area contributed by atoms with Crippen LogP contribution in [0.25, 0.3) is 120 Å². The third-order valence-electron chi connectivity index (χ3n) is 14.7. The third-order valence-corrected chi connectivity index (χ3v) is 15.9. The average molecular weight is 962 g/mol. The van der Waals surface area contributed by atoms with E-state index >= 15 is 0 Å². The van der Waals surface area contributed by atoms with E-state index in [-0.39, 0.29) is 0 Å². The molecule has 6 heteroatoms. The molecule has 0 unspecified atom stereocenters. The quantitative estimate of drug-likeness (QED) is 0.152. The van der Waals surface area contributed by atoms with Crippen LogP contribution in [0.2, 0.25) is 0 Å². The van der Waals surface area contributed by atoms with Crippen molar-refractivity contribution in [2.45, 2.75) is 0 Å². The standard InChI is InChI=1S/C68H43N5S/c1-5-19-46(20-6-1)63-43-59-67(74-63)65(47-29-35-53(36-30-47)71(50-21-7-2-8-22-50)51-23-9-3-10-24-51)70-68(69-59)73-60-38-33-48(41-57(60)56-37-31-45-18-14-16-28-55(45)66(56)73)49-34-39-61-58(42-49)64-54-27-15-13-17-44(54)32-40-62(64)72(61)52-25-11-4-12-26-52/h1-43H. The minimum Gasteiger partial charge on any atom is -0.311 e. The van der Waals surface area contributed by atoms with E-state index in [2.05, 4.69) is 275 Å². The molecule has 0 N–H and O–H groups in total. The van der Waals surface area contributed by atoms with Crippen molar-refractivity contribution in [3.8, 4) is 44.5 Å². The lowest BCUT2D eigenvalue weighted by molar-refractivity contribution is 1.02. The maximum absolute atomic E-state index is 5.66. The molecule has 0 aliphatic rings. The minimum atomic E-state index is 0.635. The van der Waals surface area contributed by atoms with Gasteiger partial charge in [-0.2, -0.15) is 0 Å². The summed E-state index contributed by atoms with van der Waals surface area (Å²) in [7, 11) is 0. The van der Waals surface area contributed by atoms with Gasteiger partial charge in [0.25, 0.3) is 0 Å². The summed E-state index contributed by atoms with van der Waals surface area (Å²) >= 11 is 1.75. The number of aromatic nitrogens is 4. The second kappa shape index (κ2) is 17.0. The predicted molar refractivity (Wildman–Crippen MR) is 312 cm³/mol. The van der Waals surface area contributed by atoms with Crippen molar-refractivity contribution in [1.82, 2.24) is 19.1 Å². The van der Waals surface area contributed by atoms with Gasteiger partial charge in [-0.3, -0.25) is 4.57 Å². The number of para-hydroxylation sites is 3. The number of nitrogens with zero attached hydrogens (tertiary/aromatic N) is 5. The van der Waals surface area contributed by atoms with E-state index in [1.807, 2.05) is 0 Å². The predicted octanol–water partition coefficient (Wildman–Crippen LogP) is 18.7. The van der Waals surface area contributed by atoms with Gasteiger partial charge in [0.05, 0.1) is 38.0 Å². The molecule has 0 amide bonds. The van der Waals surface area contributed by atoms with Crippen LogP contribution in [-0.2, 0) is 0 Å².